The van der Waals surface area contributed by atoms with E-state index in [0.717, 1.165) is 43.2 Å². The van der Waals surface area contributed by atoms with Crippen LogP contribution in [0.4, 0.5) is 4.39 Å². The van der Waals surface area contributed by atoms with Crippen LogP contribution in [0.1, 0.15) is 76.3 Å². The number of rotatable bonds is 4. The number of hydrogen-bond donors (Lipinski definition) is 1. The first-order valence-corrected chi connectivity index (χ1v) is 9.75. The second-order valence-electron chi connectivity index (χ2n) is 8.02. The largest absolute Gasteiger partial charge is 0.426 e. The van der Waals surface area contributed by atoms with Crippen molar-refractivity contribution in [3.8, 4) is 5.75 Å². The van der Waals surface area contributed by atoms with Crippen LogP contribution < -0.4 is 10.5 Å². The number of unbranched alkanes of at least 4 members (excludes halogenated alkanes) is 1. The molecule has 3 atom stereocenters. The molecule has 0 heterocycles. The summed E-state index contributed by atoms with van der Waals surface area (Å²) in [7, 11) is 0. The molecular formula is C21H30FNO2. The third kappa shape index (κ3) is 3.59. The lowest BCUT2D eigenvalue weighted by molar-refractivity contribution is -0.134. The van der Waals surface area contributed by atoms with Gasteiger partial charge in [-0.15, -0.1) is 0 Å². The maximum Gasteiger partial charge on any atom is 0.311 e. The molecule has 1 aromatic rings. The molecule has 0 radical (unpaired) electrons. The Hall–Kier alpha value is -1.42. The average molecular weight is 347 g/mol. The van der Waals surface area contributed by atoms with Crippen LogP contribution in [0, 0.1) is 11.7 Å². The van der Waals surface area contributed by atoms with Gasteiger partial charge in [0.1, 0.15) is 11.6 Å². The lowest BCUT2D eigenvalue weighted by Gasteiger charge is -2.47. The molecule has 138 valence electrons. The smallest absolute Gasteiger partial charge is 0.311 e. The van der Waals surface area contributed by atoms with E-state index in [2.05, 4.69) is 6.92 Å². The van der Waals surface area contributed by atoms with Crippen molar-refractivity contribution in [3.63, 3.8) is 0 Å². The van der Waals surface area contributed by atoms with Gasteiger partial charge in [0, 0.05) is 23.9 Å². The fraction of sp³-hybridized carbons (Fsp3) is 0.667. The van der Waals surface area contributed by atoms with E-state index in [1.54, 1.807) is 0 Å². The molecule has 1 fully saturated rings. The van der Waals surface area contributed by atoms with Gasteiger partial charge in [-0.1, -0.05) is 39.5 Å². The molecule has 3 nitrogen and oxygen atoms in total. The van der Waals surface area contributed by atoms with Gasteiger partial charge in [0.25, 0.3) is 0 Å². The molecule has 2 aliphatic rings. The number of benzene rings is 1. The zero-order valence-corrected chi connectivity index (χ0v) is 15.4. The van der Waals surface area contributed by atoms with Crippen LogP contribution in [0.15, 0.2) is 12.1 Å². The molecule has 0 amide bonds. The van der Waals surface area contributed by atoms with Crippen molar-refractivity contribution in [2.75, 3.05) is 0 Å². The highest BCUT2D eigenvalue weighted by Gasteiger charge is 2.45. The van der Waals surface area contributed by atoms with Crippen molar-refractivity contribution in [2.24, 2.45) is 11.7 Å². The minimum absolute atomic E-state index is 0.0331. The minimum Gasteiger partial charge on any atom is -0.426 e. The lowest BCUT2D eigenvalue weighted by Crippen LogP contribution is -2.53. The van der Waals surface area contributed by atoms with Crippen LogP contribution in [0.2, 0.25) is 0 Å². The van der Waals surface area contributed by atoms with Crippen molar-refractivity contribution in [2.45, 2.75) is 83.1 Å². The number of carbonyl (C=O) groups excluding carboxylic acids is 1. The molecular weight excluding hydrogens is 317 g/mol. The highest BCUT2D eigenvalue weighted by atomic mass is 19.1. The van der Waals surface area contributed by atoms with Crippen LogP contribution in [-0.4, -0.2) is 12.0 Å². The summed E-state index contributed by atoms with van der Waals surface area (Å²) < 4.78 is 20.3. The molecule has 0 aliphatic heterocycles. The molecule has 3 rings (SSSR count). The zero-order chi connectivity index (χ0) is 18.0. The van der Waals surface area contributed by atoms with Gasteiger partial charge in [-0.05, 0) is 48.8 Å². The average Bonchev–Trinajstić information content (AvgIpc) is 2.57. The van der Waals surface area contributed by atoms with Gasteiger partial charge in [0.15, 0.2) is 0 Å². The third-order valence-corrected chi connectivity index (χ3v) is 6.23. The van der Waals surface area contributed by atoms with Gasteiger partial charge in [0.2, 0.25) is 0 Å². The number of hydrogen-bond acceptors (Lipinski definition) is 3. The summed E-state index contributed by atoms with van der Waals surface area (Å²) in [6.45, 7) is 4.19. The number of nitrogens with two attached hydrogens (primary N) is 1. The van der Waals surface area contributed by atoms with E-state index in [9.17, 15) is 9.18 Å². The Labute approximate surface area is 150 Å². The van der Waals surface area contributed by atoms with E-state index in [-0.39, 0.29) is 23.2 Å². The van der Waals surface area contributed by atoms with Crippen molar-refractivity contribution in [1.29, 1.82) is 0 Å². The Kier molecular flexibility index (Phi) is 5.47. The highest BCUT2D eigenvalue weighted by Crippen LogP contribution is 2.47. The van der Waals surface area contributed by atoms with E-state index in [4.69, 9.17) is 10.5 Å². The number of halogens is 1. The topological polar surface area (TPSA) is 52.3 Å². The van der Waals surface area contributed by atoms with Gasteiger partial charge >= 0.3 is 5.97 Å². The molecule has 2 aliphatic carbocycles. The number of esters is 1. The van der Waals surface area contributed by atoms with Crippen molar-refractivity contribution < 1.29 is 13.9 Å². The van der Waals surface area contributed by atoms with E-state index in [0.29, 0.717) is 24.5 Å². The van der Waals surface area contributed by atoms with Crippen molar-refractivity contribution in [3.05, 3.63) is 29.1 Å². The Morgan fingerprint density at radius 2 is 2.16 bits per heavy atom. The molecule has 0 unspecified atom stereocenters. The molecule has 4 heteroatoms. The van der Waals surface area contributed by atoms with E-state index in [1.807, 2.05) is 13.0 Å². The summed E-state index contributed by atoms with van der Waals surface area (Å²) in [5.41, 5.74) is 8.13. The Balaban J connectivity index is 1.95. The summed E-state index contributed by atoms with van der Waals surface area (Å²) in [6.07, 6.45) is 8.32. The first-order chi connectivity index (χ1) is 12.0. The zero-order valence-electron chi connectivity index (χ0n) is 15.4. The summed E-state index contributed by atoms with van der Waals surface area (Å²) in [4.78, 5) is 11.9. The quantitative estimate of drug-likeness (QED) is 0.637. The maximum atomic E-state index is 14.8. The molecule has 1 aromatic carbocycles. The van der Waals surface area contributed by atoms with Crippen molar-refractivity contribution >= 4 is 5.97 Å². The third-order valence-electron chi connectivity index (χ3n) is 6.23. The standard InChI is InChI=1S/C21H30FNO2/c1-3-4-9-19(24)25-15-12-17-16(18(22)13-15)11-14-8-6-5-7-10-21(17,2)20(14)23/h12-14,20H,3-11,23H2,1-2H3/t14-,20-,21+/m0/s1. The van der Waals surface area contributed by atoms with Crippen LogP contribution >= 0.6 is 0 Å². The van der Waals surface area contributed by atoms with Crippen LogP contribution in [-0.2, 0) is 16.6 Å². The summed E-state index contributed by atoms with van der Waals surface area (Å²) in [5.74, 6) is 0.123. The van der Waals surface area contributed by atoms with Gasteiger partial charge in [-0.2, -0.15) is 0 Å². The Morgan fingerprint density at radius 1 is 1.36 bits per heavy atom. The minimum atomic E-state index is -0.290. The second-order valence-corrected chi connectivity index (χ2v) is 8.02. The first kappa shape index (κ1) is 18.4. The summed E-state index contributed by atoms with van der Waals surface area (Å²) in [5, 5.41) is 0. The van der Waals surface area contributed by atoms with Crippen molar-refractivity contribution in [1.82, 2.24) is 0 Å². The van der Waals surface area contributed by atoms with Gasteiger partial charge in [0.05, 0.1) is 0 Å². The molecule has 25 heavy (non-hydrogen) atoms. The molecule has 0 aromatic heterocycles. The van der Waals surface area contributed by atoms with Crippen LogP contribution in [0.25, 0.3) is 0 Å². The second kappa shape index (κ2) is 7.45. The summed E-state index contributed by atoms with van der Waals surface area (Å²) >= 11 is 0. The van der Waals surface area contributed by atoms with Crippen LogP contribution in [0.5, 0.6) is 5.75 Å². The van der Waals surface area contributed by atoms with E-state index in [1.165, 1.54) is 18.9 Å². The predicted molar refractivity (Wildman–Crippen MR) is 97.2 cm³/mol. The molecule has 2 bridgehead atoms. The Morgan fingerprint density at radius 3 is 2.92 bits per heavy atom. The first-order valence-electron chi connectivity index (χ1n) is 9.75. The monoisotopic (exact) mass is 347 g/mol. The molecule has 0 spiro atoms. The SMILES string of the molecule is CCCCC(=O)Oc1cc(F)c2c(c1)[C@@]1(C)CCCCC[C@@H](C2)[C@@H]1N. The Bertz CT molecular complexity index is 645. The number of ether oxygens (including phenoxy) is 1. The predicted octanol–water partition coefficient (Wildman–Crippen LogP) is 4.64. The van der Waals surface area contributed by atoms with E-state index >= 15 is 0 Å². The summed E-state index contributed by atoms with van der Waals surface area (Å²) in [6, 6.07) is 3.29. The van der Waals surface area contributed by atoms with Crippen LogP contribution in [0.3, 0.4) is 0 Å². The fourth-order valence-electron chi connectivity index (χ4n) is 4.64. The molecule has 2 N–H and O–H groups in total. The maximum absolute atomic E-state index is 14.8. The highest BCUT2D eigenvalue weighted by molar-refractivity contribution is 5.72. The molecule has 0 saturated heterocycles. The van der Waals surface area contributed by atoms with Gasteiger partial charge in [-0.25, -0.2) is 4.39 Å². The lowest BCUT2D eigenvalue weighted by atomic mass is 9.60. The number of fused-ring (bicyclic) bond motifs is 4. The normalized spacial score (nSPS) is 28.6. The fourth-order valence-corrected chi connectivity index (χ4v) is 4.64. The van der Waals surface area contributed by atoms with Gasteiger partial charge in [-0.3, -0.25) is 4.79 Å². The van der Waals surface area contributed by atoms with E-state index < -0.39 is 0 Å². The molecule has 1 saturated carbocycles. The van der Waals surface area contributed by atoms with Gasteiger partial charge < -0.3 is 10.5 Å². The number of carbonyl (C=O) groups is 1.